The van der Waals surface area contributed by atoms with E-state index in [-0.39, 0.29) is 5.69 Å². The first-order chi connectivity index (χ1) is 9.65. The number of nitrogens with one attached hydrogen (secondary N) is 1. The fourth-order valence-electron chi connectivity index (χ4n) is 1.69. The van der Waals surface area contributed by atoms with E-state index in [1.807, 2.05) is 19.1 Å². The lowest BCUT2D eigenvalue weighted by molar-refractivity contribution is 0.873. The van der Waals surface area contributed by atoms with Crippen molar-refractivity contribution in [3.05, 3.63) is 65.6 Å². The Morgan fingerprint density at radius 3 is 2.70 bits per heavy atom. The van der Waals surface area contributed by atoms with Gasteiger partial charge in [0.15, 0.2) is 5.82 Å². The molecule has 0 aliphatic carbocycles. The zero-order valence-corrected chi connectivity index (χ0v) is 11.2. The van der Waals surface area contributed by atoms with E-state index in [0.717, 1.165) is 5.56 Å². The summed E-state index contributed by atoms with van der Waals surface area (Å²) >= 11 is 0. The minimum absolute atomic E-state index is 0.313. The van der Waals surface area contributed by atoms with E-state index in [1.165, 1.54) is 4.68 Å². The van der Waals surface area contributed by atoms with Crippen molar-refractivity contribution < 1.29 is 0 Å². The summed E-state index contributed by atoms with van der Waals surface area (Å²) in [4.78, 5) is 14.7. The maximum absolute atomic E-state index is 12.0. The molecule has 0 radical (unpaired) electrons. The highest BCUT2D eigenvalue weighted by molar-refractivity contribution is 5.61. The van der Waals surface area contributed by atoms with Crippen LogP contribution in [0.2, 0.25) is 0 Å². The molecule has 0 spiro atoms. The number of hydrogen-bond acceptors (Lipinski definition) is 3. The maximum atomic E-state index is 12.0. The minimum atomic E-state index is -0.313. The number of benzene rings is 1. The van der Waals surface area contributed by atoms with Gasteiger partial charge in [0.25, 0.3) is 0 Å². The lowest BCUT2D eigenvalue weighted by atomic mass is 10.2. The smallest absolute Gasteiger partial charge is 0.348 e. The van der Waals surface area contributed by atoms with Crippen molar-refractivity contribution in [1.29, 1.82) is 0 Å². The topological polar surface area (TPSA) is 76.7 Å². The van der Waals surface area contributed by atoms with Gasteiger partial charge in [-0.05, 0) is 43.3 Å². The Morgan fingerprint density at radius 1 is 1.40 bits per heavy atom. The molecule has 1 heterocycles. The van der Waals surface area contributed by atoms with E-state index in [0.29, 0.717) is 17.2 Å². The van der Waals surface area contributed by atoms with Crippen LogP contribution >= 0.6 is 0 Å². The van der Waals surface area contributed by atoms with Crippen LogP contribution < -0.4 is 11.4 Å². The van der Waals surface area contributed by atoms with Crippen molar-refractivity contribution in [1.82, 2.24) is 14.8 Å². The monoisotopic (exact) mass is 268 g/mol. The van der Waals surface area contributed by atoms with Crippen LogP contribution in [-0.4, -0.2) is 14.8 Å². The minimum Gasteiger partial charge on any atom is -0.399 e. The second kappa shape index (κ2) is 5.88. The van der Waals surface area contributed by atoms with Crippen LogP contribution in [0.4, 0.5) is 5.69 Å². The molecular weight excluding hydrogens is 252 g/mol. The van der Waals surface area contributed by atoms with Gasteiger partial charge in [-0.15, -0.1) is 5.10 Å². The van der Waals surface area contributed by atoms with Crippen LogP contribution in [0, 0.1) is 0 Å². The lowest BCUT2D eigenvalue weighted by Gasteiger charge is -1.99. The number of anilines is 1. The Balaban J connectivity index is 2.46. The number of allylic oxidation sites excluding steroid dienone is 5. The second-order valence-corrected chi connectivity index (χ2v) is 4.13. The Hall–Kier alpha value is -2.82. The van der Waals surface area contributed by atoms with Gasteiger partial charge in [0.1, 0.15) is 0 Å². The highest BCUT2D eigenvalue weighted by Crippen LogP contribution is 2.15. The van der Waals surface area contributed by atoms with Crippen LogP contribution in [0.3, 0.4) is 0 Å². The molecule has 0 amide bonds. The number of H-pyrrole nitrogens is 1. The largest absolute Gasteiger partial charge is 0.399 e. The van der Waals surface area contributed by atoms with E-state index >= 15 is 0 Å². The van der Waals surface area contributed by atoms with Gasteiger partial charge in [-0.25, -0.2) is 4.79 Å². The Kier molecular flexibility index (Phi) is 4.00. The van der Waals surface area contributed by atoms with E-state index in [9.17, 15) is 4.79 Å². The van der Waals surface area contributed by atoms with Gasteiger partial charge in [-0.2, -0.15) is 4.68 Å². The normalized spacial score (nSPS) is 11.9. The number of nitrogen functional groups attached to an aromatic ring is 1. The van der Waals surface area contributed by atoms with Crippen molar-refractivity contribution in [2.24, 2.45) is 0 Å². The molecule has 3 N–H and O–H groups in total. The van der Waals surface area contributed by atoms with Gasteiger partial charge in [0.05, 0.1) is 5.70 Å². The highest BCUT2D eigenvalue weighted by Gasteiger charge is 2.08. The third-order valence-electron chi connectivity index (χ3n) is 2.71. The molecule has 0 aliphatic heterocycles. The van der Waals surface area contributed by atoms with Gasteiger partial charge < -0.3 is 5.73 Å². The lowest BCUT2D eigenvalue weighted by Crippen LogP contribution is -2.16. The SMILES string of the molecule is C=C/C(=C\C=C/C)n1nc(-c2ccc(N)cc2)[nH]c1=O. The number of aromatic amines is 1. The molecule has 0 fully saturated rings. The molecule has 2 aromatic rings. The summed E-state index contributed by atoms with van der Waals surface area (Å²) < 4.78 is 1.28. The molecular formula is C15H16N4O. The van der Waals surface area contributed by atoms with Crippen LogP contribution in [-0.2, 0) is 0 Å². The van der Waals surface area contributed by atoms with Gasteiger partial charge in [0.2, 0.25) is 0 Å². The summed E-state index contributed by atoms with van der Waals surface area (Å²) in [7, 11) is 0. The Bertz CT molecular complexity index is 717. The predicted octanol–water partition coefficient (Wildman–Crippen LogP) is 2.42. The number of rotatable bonds is 4. The van der Waals surface area contributed by atoms with Crippen LogP contribution in [0.5, 0.6) is 0 Å². The molecule has 0 saturated heterocycles. The standard InChI is InChI=1S/C15H16N4O/c1-3-5-6-13(4-2)19-15(20)17-14(18-19)11-7-9-12(16)10-8-11/h3-10H,2,16H2,1H3,(H,17,18,20)/b5-3-,13-6+. The first-order valence-corrected chi connectivity index (χ1v) is 6.16. The number of nitrogens with zero attached hydrogens (tertiary/aromatic N) is 2. The molecule has 0 atom stereocenters. The maximum Gasteiger partial charge on any atom is 0.348 e. The summed E-state index contributed by atoms with van der Waals surface area (Å²) in [5.74, 6) is 0.489. The summed E-state index contributed by atoms with van der Waals surface area (Å²) in [6.07, 6.45) is 7.03. The number of hydrogen-bond donors (Lipinski definition) is 2. The Labute approximate surface area is 116 Å². The Morgan fingerprint density at radius 2 is 2.10 bits per heavy atom. The molecule has 1 aromatic carbocycles. The van der Waals surface area contributed by atoms with Crippen molar-refractivity contribution in [3.63, 3.8) is 0 Å². The van der Waals surface area contributed by atoms with Crippen molar-refractivity contribution in [2.75, 3.05) is 5.73 Å². The van der Waals surface area contributed by atoms with Crippen LogP contribution in [0.25, 0.3) is 17.1 Å². The average Bonchev–Trinajstić information content (AvgIpc) is 2.83. The molecule has 5 heteroatoms. The molecule has 0 bridgehead atoms. The molecule has 0 saturated carbocycles. The van der Waals surface area contributed by atoms with E-state index < -0.39 is 0 Å². The van der Waals surface area contributed by atoms with E-state index in [2.05, 4.69) is 16.7 Å². The van der Waals surface area contributed by atoms with Gasteiger partial charge >= 0.3 is 5.69 Å². The highest BCUT2D eigenvalue weighted by atomic mass is 16.1. The van der Waals surface area contributed by atoms with E-state index in [1.54, 1.807) is 36.4 Å². The number of nitrogens with two attached hydrogens (primary N) is 1. The zero-order chi connectivity index (χ0) is 14.5. The average molecular weight is 268 g/mol. The van der Waals surface area contributed by atoms with Crippen molar-refractivity contribution in [3.8, 4) is 11.4 Å². The third kappa shape index (κ3) is 2.77. The molecule has 5 nitrogen and oxygen atoms in total. The molecule has 0 unspecified atom stereocenters. The third-order valence-corrected chi connectivity index (χ3v) is 2.71. The van der Waals surface area contributed by atoms with Crippen molar-refractivity contribution >= 4 is 11.4 Å². The van der Waals surface area contributed by atoms with Crippen LogP contribution in [0.1, 0.15) is 6.92 Å². The van der Waals surface area contributed by atoms with Crippen molar-refractivity contribution in [2.45, 2.75) is 6.92 Å². The summed E-state index contributed by atoms with van der Waals surface area (Å²) in [6, 6.07) is 7.13. The summed E-state index contributed by atoms with van der Waals surface area (Å²) in [5.41, 5.74) is 7.39. The molecule has 20 heavy (non-hydrogen) atoms. The first kappa shape index (κ1) is 13.6. The quantitative estimate of drug-likeness (QED) is 0.660. The predicted molar refractivity (Wildman–Crippen MR) is 82.0 cm³/mol. The zero-order valence-electron chi connectivity index (χ0n) is 11.2. The fraction of sp³-hybridized carbons (Fsp3) is 0.0667. The molecule has 1 aromatic heterocycles. The number of aromatic nitrogens is 3. The van der Waals surface area contributed by atoms with Gasteiger partial charge in [-0.3, -0.25) is 4.98 Å². The fourth-order valence-corrected chi connectivity index (χ4v) is 1.69. The second-order valence-electron chi connectivity index (χ2n) is 4.13. The molecule has 0 aliphatic rings. The van der Waals surface area contributed by atoms with Gasteiger partial charge in [-0.1, -0.05) is 18.7 Å². The summed E-state index contributed by atoms with van der Waals surface area (Å²) in [6.45, 7) is 5.59. The van der Waals surface area contributed by atoms with Crippen LogP contribution in [0.15, 0.2) is 59.9 Å². The molecule has 102 valence electrons. The molecule has 2 rings (SSSR count). The van der Waals surface area contributed by atoms with E-state index in [4.69, 9.17) is 5.73 Å². The summed E-state index contributed by atoms with van der Waals surface area (Å²) in [5, 5.41) is 4.27. The first-order valence-electron chi connectivity index (χ1n) is 6.16. The van der Waals surface area contributed by atoms with Gasteiger partial charge in [0, 0.05) is 11.3 Å².